The molecule has 2 aromatic rings. The number of hydrogen-bond acceptors (Lipinski definition) is 4. The summed E-state index contributed by atoms with van der Waals surface area (Å²) in [5.41, 5.74) is -0.715. The summed E-state index contributed by atoms with van der Waals surface area (Å²) in [5.74, 6) is 0.755. The lowest BCUT2D eigenvalue weighted by molar-refractivity contribution is -0.137. The van der Waals surface area contributed by atoms with E-state index in [1.165, 1.54) is 22.7 Å². The first-order chi connectivity index (χ1) is 9.95. The SMILES string of the molecule is FC(F)(F)c1ccc(SCCNCc2cc(Br)cs2)nc1. The Hall–Kier alpha value is -0.570. The summed E-state index contributed by atoms with van der Waals surface area (Å²) < 4.78 is 38.2. The molecule has 1 N–H and O–H groups in total. The third-order valence-electron chi connectivity index (χ3n) is 2.51. The second kappa shape index (κ2) is 7.62. The number of hydrogen-bond donors (Lipinski definition) is 1. The fourth-order valence-electron chi connectivity index (χ4n) is 1.52. The molecule has 0 atom stereocenters. The summed E-state index contributed by atoms with van der Waals surface area (Å²) in [5, 5.41) is 5.91. The number of pyridine rings is 1. The topological polar surface area (TPSA) is 24.9 Å². The van der Waals surface area contributed by atoms with Crippen molar-refractivity contribution in [3.8, 4) is 0 Å². The van der Waals surface area contributed by atoms with Crippen LogP contribution < -0.4 is 5.32 Å². The molecule has 114 valence electrons. The zero-order valence-corrected chi connectivity index (χ0v) is 14.0. The summed E-state index contributed by atoms with van der Waals surface area (Å²) in [6, 6.07) is 4.53. The van der Waals surface area contributed by atoms with Crippen LogP contribution in [0.5, 0.6) is 0 Å². The van der Waals surface area contributed by atoms with Gasteiger partial charge in [0.15, 0.2) is 0 Å². The second-order valence-electron chi connectivity index (χ2n) is 4.14. The molecule has 0 unspecified atom stereocenters. The number of halogens is 4. The highest BCUT2D eigenvalue weighted by molar-refractivity contribution is 9.10. The first kappa shape index (κ1) is 16.8. The lowest BCUT2D eigenvalue weighted by Crippen LogP contribution is -2.15. The molecule has 0 radical (unpaired) electrons. The quantitative estimate of drug-likeness (QED) is 0.560. The minimum Gasteiger partial charge on any atom is -0.311 e. The van der Waals surface area contributed by atoms with Crippen LogP contribution >= 0.6 is 39.0 Å². The van der Waals surface area contributed by atoms with E-state index in [2.05, 4.69) is 32.3 Å². The molecule has 2 aromatic heterocycles. The van der Waals surface area contributed by atoms with E-state index in [0.29, 0.717) is 5.03 Å². The Balaban J connectivity index is 1.69. The van der Waals surface area contributed by atoms with E-state index < -0.39 is 11.7 Å². The van der Waals surface area contributed by atoms with Gasteiger partial charge in [0.05, 0.1) is 10.6 Å². The second-order valence-corrected chi connectivity index (χ2v) is 7.17. The fraction of sp³-hybridized carbons (Fsp3) is 0.308. The summed E-state index contributed by atoms with van der Waals surface area (Å²) >= 11 is 6.50. The van der Waals surface area contributed by atoms with Crippen molar-refractivity contribution in [3.63, 3.8) is 0 Å². The molecule has 0 spiro atoms. The first-order valence-corrected chi connectivity index (χ1v) is 8.70. The lowest BCUT2D eigenvalue weighted by Gasteiger charge is -2.07. The van der Waals surface area contributed by atoms with Crippen LogP contribution in [0.1, 0.15) is 10.4 Å². The minimum atomic E-state index is -4.33. The van der Waals surface area contributed by atoms with Gasteiger partial charge in [-0.3, -0.25) is 0 Å². The molecule has 0 aromatic carbocycles. The highest BCUT2D eigenvalue weighted by atomic mass is 79.9. The molecule has 0 amide bonds. The van der Waals surface area contributed by atoms with E-state index >= 15 is 0 Å². The largest absolute Gasteiger partial charge is 0.417 e. The maximum atomic E-state index is 12.4. The van der Waals surface area contributed by atoms with Gasteiger partial charge in [0.2, 0.25) is 0 Å². The number of nitrogens with zero attached hydrogens (tertiary/aromatic N) is 1. The van der Waals surface area contributed by atoms with Gasteiger partial charge in [-0.15, -0.1) is 23.1 Å². The standard InChI is InChI=1S/C13H12BrF3N2S2/c14-10-5-11(21-8-10)7-18-3-4-20-12-2-1-9(6-19-12)13(15,16)17/h1-2,5-6,8,18H,3-4,7H2. The Kier molecular flexibility index (Phi) is 6.09. The van der Waals surface area contributed by atoms with Crippen LogP contribution in [0.3, 0.4) is 0 Å². The molecule has 0 aliphatic rings. The van der Waals surface area contributed by atoms with Crippen LogP contribution in [0.2, 0.25) is 0 Å². The number of nitrogens with one attached hydrogen (secondary N) is 1. The third-order valence-corrected chi connectivity index (χ3v) is 5.16. The van der Waals surface area contributed by atoms with E-state index in [4.69, 9.17) is 0 Å². The van der Waals surface area contributed by atoms with Gasteiger partial charge < -0.3 is 5.32 Å². The van der Waals surface area contributed by atoms with Crippen LogP contribution in [-0.2, 0) is 12.7 Å². The molecule has 2 nitrogen and oxygen atoms in total. The molecule has 0 aliphatic carbocycles. The van der Waals surface area contributed by atoms with Crippen LogP contribution in [0.4, 0.5) is 13.2 Å². The molecule has 2 rings (SSSR count). The van der Waals surface area contributed by atoms with E-state index in [0.717, 1.165) is 35.6 Å². The molecular formula is C13H12BrF3N2S2. The molecular weight excluding hydrogens is 385 g/mol. The molecule has 21 heavy (non-hydrogen) atoms. The molecule has 8 heteroatoms. The van der Waals surface area contributed by atoms with Crippen LogP contribution in [0.15, 0.2) is 39.3 Å². The molecule has 0 saturated heterocycles. The highest BCUT2D eigenvalue weighted by Gasteiger charge is 2.30. The molecule has 0 saturated carbocycles. The molecule has 0 fully saturated rings. The van der Waals surface area contributed by atoms with E-state index in [1.807, 2.05) is 5.38 Å². The van der Waals surface area contributed by atoms with Crippen molar-refractivity contribution in [1.29, 1.82) is 0 Å². The van der Waals surface area contributed by atoms with Gasteiger partial charge in [0.1, 0.15) is 0 Å². The van der Waals surface area contributed by atoms with Crippen LogP contribution in [0, 0.1) is 0 Å². The summed E-state index contributed by atoms with van der Waals surface area (Å²) in [7, 11) is 0. The zero-order valence-electron chi connectivity index (χ0n) is 10.8. The van der Waals surface area contributed by atoms with Gasteiger partial charge >= 0.3 is 6.18 Å². The maximum absolute atomic E-state index is 12.4. The van der Waals surface area contributed by atoms with Gasteiger partial charge in [0.25, 0.3) is 0 Å². The monoisotopic (exact) mass is 396 g/mol. The number of thioether (sulfide) groups is 1. The minimum absolute atomic E-state index is 0.601. The predicted octanol–water partition coefficient (Wildman–Crippen LogP) is 4.81. The summed E-state index contributed by atoms with van der Waals surface area (Å²) in [6.07, 6.45) is -3.45. The normalized spacial score (nSPS) is 11.8. The number of aromatic nitrogens is 1. The Bertz CT molecular complexity index is 570. The molecule has 2 heterocycles. The number of thiophene rings is 1. The molecule has 0 aliphatic heterocycles. The van der Waals surface area contributed by atoms with Gasteiger partial charge in [-0.2, -0.15) is 13.2 Å². The van der Waals surface area contributed by atoms with Crippen molar-refractivity contribution in [2.45, 2.75) is 17.7 Å². The fourth-order valence-corrected chi connectivity index (χ4v) is 3.69. The average molecular weight is 397 g/mol. The van der Waals surface area contributed by atoms with Gasteiger partial charge in [-0.25, -0.2) is 4.98 Å². The smallest absolute Gasteiger partial charge is 0.311 e. The van der Waals surface area contributed by atoms with Crippen molar-refractivity contribution in [3.05, 3.63) is 44.7 Å². The zero-order chi connectivity index (χ0) is 15.3. The Morgan fingerprint density at radius 2 is 2.14 bits per heavy atom. The van der Waals surface area contributed by atoms with Crippen molar-refractivity contribution < 1.29 is 13.2 Å². The number of alkyl halides is 3. The highest BCUT2D eigenvalue weighted by Crippen LogP contribution is 2.29. The van der Waals surface area contributed by atoms with Crippen molar-refractivity contribution in [2.75, 3.05) is 12.3 Å². The first-order valence-electron chi connectivity index (χ1n) is 6.05. The van der Waals surface area contributed by atoms with Crippen molar-refractivity contribution >= 4 is 39.0 Å². The van der Waals surface area contributed by atoms with Gasteiger partial charge in [0, 0.05) is 39.8 Å². The summed E-state index contributed by atoms with van der Waals surface area (Å²) in [4.78, 5) is 5.05. The summed E-state index contributed by atoms with van der Waals surface area (Å²) in [6.45, 7) is 1.56. The Labute approximate surface area is 137 Å². The lowest BCUT2D eigenvalue weighted by atomic mass is 10.3. The van der Waals surface area contributed by atoms with Crippen LogP contribution in [0.25, 0.3) is 0 Å². The molecule has 0 bridgehead atoms. The predicted molar refractivity (Wildman–Crippen MR) is 83.7 cm³/mol. The van der Waals surface area contributed by atoms with Gasteiger partial charge in [-0.1, -0.05) is 0 Å². The number of rotatable bonds is 6. The van der Waals surface area contributed by atoms with Crippen molar-refractivity contribution in [1.82, 2.24) is 10.3 Å². The van der Waals surface area contributed by atoms with E-state index in [9.17, 15) is 13.2 Å². The van der Waals surface area contributed by atoms with Crippen LogP contribution in [-0.4, -0.2) is 17.3 Å². The maximum Gasteiger partial charge on any atom is 0.417 e. The van der Waals surface area contributed by atoms with Crippen molar-refractivity contribution in [2.24, 2.45) is 0 Å². The Morgan fingerprint density at radius 1 is 1.33 bits per heavy atom. The van der Waals surface area contributed by atoms with E-state index in [1.54, 1.807) is 11.3 Å². The van der Waals surface area contributed by atoms with Gasteiger partial charge in [-0.05, 0) is 34.1 Å². The average Bonchev–Trinajstić information content (AvgIpc) is 2.84. The Morgan fingerprint density at radius 3 is 2.71 bits per heavy atom. The third kappa shape index (κ3) is 5.61. The van der Waals surface area contributed by atoms with E-state index in [-0.39, 0.29) is 0 Å².